The lowest BCUT2D eigenvalue weighted by Crippen LogP contribution is -2.37. The van der Waals surface area contributed by atoms with Crippen molar-refractivity contribution in [3.63, 3.8) is 0 Å². The van der Waals surface area contributed by atoms with Gasteiger partial charge < -0.3 is 10.6 Å². The molecule has 0 atom stereocenters. The van der Waals surface area contributed by atoms with Gasteiger partial charge in [0.05, 0.1) is 0 Å². The molecule has 2 rings (SSSR count). The molecule has 0 aliphatic heterocycles. The van der Waals surface area contributed by atoms with Crippen LogP contribution < -0.4 is 5.73 Å². The first-order valence-corrected chi connectivity index (χ1v) is 5.23. The smallest absolute Gasteiger partial charge is 0.274 e. The summed E-state index contributed by atoms with van der Waals surface area (Å²) in [4.78, 5) is 13.9. The van der Waals surface area contributed by atoms with Crippen LogP contribution in [0.15, 0.2) is 12.3 Å². The van der Waals surface area contributed by atoms with Crippen LogP contribution in [0.1, 0.15) is 23.3 Å². The van der Waals surface area contributed by atoms with Crippen molar-refractivity contribution in [1.82, 2.24) is 14.7 Å². The highest BCUT2D eigenvalue weighted by molar-refractivity contribution is 5.92. The summed E-state index contributed by atoms with van der Waals surface area (Å²) < 4.78 is 1.64. The number of nitrogens with zero attached hydrogens (tertiary/aromatic N) is 3. The number of hydrogen-bond acceptors (Lipinski definition) is 3. The molecule has 1 fully saturated rings. The lowest BCUT2D eigenvalue weighted by atomic mass is 10.3. The van der Waals surface area contributed by atoms with E-state index < -0.39 is 0 Å². The SMILES string of the molecule is Cn1ccc(C(=O)N(CCN)C2CC2)n1. The van der Waals surface area contributed by atoms with Gasteiger partial charge in [-0.05, 0) is 18.9 Å². The normalized spacial score (nSPS) is 15.3. The van der Waals surface area contributed by atoms with E-state index >= 15 is 0 Å². The maximum Gasteiger partial charge on any atom is 0.274 e. The van der Waals surface area contributed by atoms with Crippen molar-refractivity contribution in [3.05, 3.63) is 18.0 Å². The molecular formula is C10H16N4O. The second-order valence-electron chi connectivity index (χ2n) is 3.89. The predicted molar refractivity (Wildman–Crippen MR) is 56.3 cm³/mol. The molecule has 5 heteroatoms. The van der Waals surface area contributed by atoms with Crippen LogP contribution in [0, 0.1) is 0 Å². The monoisotopic (exact) mass is 208 g/mol. The summed E-state index contributed by atoms with van der Waals surface area (Å²) in [7, 11) is 1.81. The van der Waals surface area contributed by atoms with E-state index in [4.69, 9.17) is 5.73 Å². The molecule has 0 unspecified atom stereocenters. The van der Waals surface area contributed by atoms with Crippen LogP contribution in [0.4, 0.5) is 0 Å². The van der Waals surface area contributed by atoms with Crippen molar-refractivity contribution in [2.75, 3.05) is 13.1 Å². The molecular weight excluding hydrogens is 192 g/mol. The summed E-state index contributed by atoms with van der Waals surface area (Å²) in [5, 5.41) is 4.11. The van der Waals surface area contributed by atoms with Crippen LogP contribution in [0.25, 0.3) is 0 Å². The Labute approximate surface area is 88.8 Å². The zero-order valence-electron chi connectivity index (χ0n) is 8.89. The molecule has 1 aliphatic rings. The Morgan fingerprint density at radius 3 is 2.93 bits per heavy atom. The lowest BCUT2D eigenvalue weighted by molar-refractivity contribution is 0.0741. The molecule has 0 bridgehead atoms. The lowest BCUT2D eigenvalue weighted by Gasteiger charge is -2.20. The standard InChI is InChI=1S/C10H16N4O/c1-13-6-4-9(12-13)10(15)14(7-5-11)8-2-3-8/h4,6,8H,2-3,5,7,11H2,1H3. The third kappa shape index (κ3) is 2.18. The highest BCUT2D eigenvalue weighted by Gasteiger charge is 2.33. The Balaban J connectivity index is 2.10. The number of hydrogen-bond donors (Lipinski definition) is 1. The van der Waals surface area contributed by atoms with Crippen molar-refractivity contribution in [3.8, 4) is 0 Å². The topological polar surface area (TPSA) is 64.2 Å². The Bertz CT molecular complexity index is 356. The average molecular weight is 208 g/mol. The van der Waals surface area contributed by atoms with Crippen LogP contribution in [0.2, 0.25) is 0 Å². The van der Waals surface area contributed by atoms with Crippen LogP contribution in [-0.2, 0) is 7.05 Å². The molecule has 0 spiro atoms. The van der Waals surface area contributed by atoms with E-state index in [0.717, 1.165) is 12.8 Å². The second kappa shape index (κ2) is 4.02. The fourth-order valence-corrected chi connectivity index (χ4v) is 1.65. The molecule has 1 amide bonds. The molecule has 1 aliphatic carbocycles. The summed E-state index contributed by atoms with van der Waals surface area (Å²) in [5.74, 6) is 0.00329. The van der Waals surface area contributed by atoms with Gasteiger partial charge in [0.15, 0.2) is 0 Å². The van der Waals surface area contributed by atoms with E-state index in [1.165, 1.54) is 0 Å². The minimum absolute atomic E-state index is 0.00329. The number of carbonyl (C=O) groups is 1. The molecule has 1 saturated carbocycles. The Morgan fingerprint density at radius 2 is 2.47 bits per heavy atom. The maximum absolute atomic E-state index is 12.0. The van der Waals surface area contributed by atoms with E-state index in [0.29, 0.717) is 24.8 Å². The minimum Gasteiger partial charge on any atom is -0.333 e. The van der Waals surface area contributed by atoms with Gasteiger partial charge in [-0.25, -0.2) is 0 Å². The molecule has 1 aromatic rings. The average Bonchev–Trinajstić information content (AvgIpc) is 2.96. The van der Waals surface area contributed by atoms with Gasteiger partial charge in [-0.1, -0.05) is 0 Å². The van der Waals surface area contributed by atoms with Gasteiger partial charge in [0.25, 0.3) is 5.91 Å². The van der Waals surface area contributed by atoms with E-state index in [1.54, 1.807) is 24.0 Å². The Morgan fingerprint density at radius 1 is 1.73 bits per heavy atom. The summed E-state index contributed by atoms with van der Waals surface area (Å²) in [5.41, 5.74) is 6.01. The van der Waals surface area contributed by atoms with Crippen LogP contribution >= 0.6 is 0 Å². The number of rotatable bonds is 4. The number of nitrogens with two attached hydrogens (primary N) is 1. The van der Waals surface area contributed by atoms with Crippen LogP contribution in [-0.4, -0.2) is 39.7 Å². The summed E-state index contributed by atoms with van der Waals surface area (Å²) in [6, 6.07) is 2.14. The number of aryl methyl sites for hydroxylation is 1. The van der Waals surface area contributed by atoms with Gasteiger partial charge in [0.1, 0.15) is 5.69 Å². The molecule has 2 N–H and O–H groups in total. The van der Waals surface area contributed by atoms with Crippen LogP contribution in [0.3, 0.4) is 0 Å². The maximum atomic E-state index is 12.0. The predicted octanol–water partition coefficient (Wildman–Crippen LogP) is -0.0166. The molecule has 5 nitrogen and oxygen atoms in total. The molecule has 0 radical (unpaired) electrons. The molecule has 82 valence electrons. The van der Waals surface area contributed by atoms with Crippen molar-refractivity contribution in [2.45, 2.75) is 18.9 Å². The fourth-order valence-electron chi connectivity index (χ4n) is 1.65. The van der Waals surface area contributed by atoms with E-state index in [2.05, 4.69) is 5.10 Å². The zero-order chi connectivity index (χ0) is 10.8. The molecule has 1 aromatic heterocycles. The van der Waals surface area contributed by atoms with Crippen molar-refractivity contribution < 1.29 is 4.79 Å². The molecule has 15 heavy (non-hydrogen) atoms. The first kappa shape index (κ1) is 10.2. The molecule has 1 heterocycles. The highest BCUT2D eigenvalue weighted by atomic mass is 16.2. The highest BCUT2D eigenvalue weighted by Crippen LogP contribution is 2.27. The zero-order valence-corrected chi connectivity index (χ0v) is 8.89. The van der Waals surface area contributed by atoms with E-state index in [9.17, 15) is 4.79 Å². The minimum atomic E-state index is 0.00329. The van der Waals surface area contributed by atoms with Crippen LogP contribution in [0.5, 0.6) is 0 Å². The van der Waals surface area contributed by atoms with Gasteiger partial charge in [-0.15, -0.1) is 0 Å². The quantitative estimate of drug-likeness (QED) is 0.756. The van der Waals surface area contributed by atoms with Crippen molar-refractivity contribution in [1.29, 1.82) is 0 Å². The summed E-state index contributed by atoms with van der Waals surface area (Å²) in [6.07, 6.45) is 3.97. The molecule has 0 aromatic carbocycles. The summed E-state index contributed by atoms with van der Waals surface area (Å²) >= 11 is 0. The van der Waals surface area contributed by atoms with Gasteiger partial charge in [0, 0.05) is 32.4 Å². The largest absolute Gasteiger partial charge is 0.333 e. The van der Waals surface area contributed by atoms with Gasteiger partial charge in [0.2, 0.25) is 0 Å². The Kier molecular flexibility index (Phi) is 2.73. The second-order valence-corrected chi connectivity index (χ2v) is 3.89. The number of carbonyl (C=O) groups excluding carboxylic acids is 1. The first-order chi connectivity index (χ1) is 7.22. The van der Waals surface area contributed by atoms with E-state index in [1.807, 2.05) is 4.90 Å². The first-order valence-electron chi connectivity index (χ1n) is 5.23. The van der Waals surface area contributed by atoms with Gasteiger partial charge >= 0.3 is 0 Å². The van der Waals surface area contributed by atoms with Gasteiger partial charge in [-0.3, -0.25) is 9.48 Å². The third-order valence-electron chi connectivity index (χ3n) is 2.55. The van der Waals surface area contributed by atoms with E-state index in [-0.39, 0.29) is 5.91 Å². The van der Waals surface area contributed by atoms with Crippen molar-refractivity contribution in [2.24, 2.45) is 12.8 Å². The molecule has 0 saturated heterocycles. The van der Waals surface area contributed by atoms with Gasteiger partial charge in [-0.2, -0.15) is 5.10 Å². The van der Waals surface area contributed by atoms with Crippen molar-refractivity contribution >= 4 is 5.91 Å². The fraction of sp³-hybridized carbons (Fsp3) is 0.600. The Hall–Kier alpha value is -1.36. The third-order valence-corrected chi connectivity index (χ3v) is 2.55. The number of amides is 1. The number of aromatic nitrogens is 2. The summed E-state index contributed by atoms with van der Waals surface area (Å²) in [6.45, 7) is 1.13.